The van der Waals surface area contributed by atoms with Crippen LogP contribution in [-0.2, 0) is 0 Å². The van der Waals surface area contributed by atoms with Gasteiger partial charge in [0.15, 0.2) is 11.2 Å². The number of H-pyrrole nitrogens is 2. The van der Waals surface area contributed by atoms with E-state index in [0.29, 0.717) is 28.4 Å². The molecule has 4 N–H and O–H groups in total. The van der Waals surface area contributed by atoms with E-state index < -0.39 is 0 Å². The molecule has 0 aliphatic carbocycles. The maximum atomic E-state index is 12.0. The molecule has 3 rings (SSSR count). The molecule has 2 aromatic heterocycles. The van der Waals surface area contributed by atoms with Gasteiger partial charge in [-0.05, 0) is 17.7 Å². The van der Waals surface area contributed by atoms with Crippen LogP contribution >= 0.6 is 0 Å². The summed E-state index contributed by atoms with van der Waals surface area (Å²) in [4.78, 5) is 14.9. The lowest BCUT2D eigenvalue weighted by Gasteiger charge is -2.06. The second-order valence-corrected chi connectivity index (χ2v) is 4.51. The maximum absolute atomic E-state index is 12.0. The fourth-order valence-electron chi connectivity index (χ4n) is 2.23. The van der Waals surface area contributed by atoms with Crippen LogP contribution in [0.25, 0.3) is 22.4 Å². The number of nitrogens with zero attached hydrogens (tertiary/aromatic N) is 1. The van der Waals surface area contributed by atoms with Gasteiger partial charge in [0.1, 0.15) is 5.75 Å². The van der Waals surface area contributed by atoms with Gasteiger partial charge in [-0.3, -0.25) is 9.89 Å². The monoisotopic (exact) mass is 282 g/mol. The van der Waals surface area contributed by atoms with E-state index in [1.54, 1.807) is 19.5 Å². The number of pyridine rings is 1. The molecule has 0 unspecified atom stereocenters. The van der Waals surface area contributed by atoms with Crippen molar-refractivity contribution in [3.8, 4) is 28.1 Å². The van der Waals surface area contributed by atoms with Gasteiger partial charge in [0.05, 0.1) is 23.9 Å². The standard InChI is InChI=1S/C15H14N4O2/c1-21-10-4-2-3-9(7-10)13-14(18-19-15(13)16)11-8-17-6-5-12(11)20/h2-8H,1H3,(H,17,20)(H3,16,18,19). The minimum atomic E-state index is -0.110. The molecule has 1 aromatic carbocycles. The Morgan fingerprint density at radius 3 is 2.90 bits per heavy atom. The van der Waals surface area contributed by atoms with Gasteiger partial charge in [0.25, 0.3) is 0 Å². The average molecular weight is 282 g/mol. The van der Waals surface area contributed by atoms with Gasteiger partial charge in [-0.15, -0.1) is 0 Å². The van der Waals surface area contributed by atoms with Crippen LogP contribution in [0.3, 0.4) is 0 Å². The van der Waals surface area contributed by atoms with Crippen LogP contribution in [0.1, 0.15) is 0 Å². The highest BCUT2D eigenvalue weighted by Gasteiger charge is 2.17. The molecule has 21 heavy (non-hydrogen) atoms. The number of rotatable bonds is 3. The van der Waals surface area contributed by atoms with Gasteiger partial charge in [0, 0.05) is 18.5 Å². The van der Waals surface area contributed by atoms with Crippen molar-refractivity contribution < 1.29 is 4.74 Å². The lowest BCUT2D eigenvalue weighted by atomic mass is 10.0. The molecule has 6 heteroatoms. The number of anilines is 1. The quantitative estimate of drug-likeness (QED) is 0.684. The van der Waals surface area contributed by atoms with E-state index in [0.717, 1.165) is 5.56 Å². The van der Waals surface area contributed by atoms with Crippen LogP contribution in [0.5, 0.6) is 5.75 Å². The number of nitrogen functional groups attached to an aromatic ring is 1. The third-order valence-electron chi connectivity index (χ3n) is 3.25. The van der Waals surface area contributed by atoms with Crippen LogP contribution in [0.4, 0.5) is 5.82 Å². The highest BCUT2D eigenvalue weighted by atomic mass is 16.5. The van der Waals surface area contributed by atoms with Crippen molar-refractivity contribution >= 4 is 5.82 Å². The Kier molecular flexibility index (Phi) is 3.19. The molecule has 0 fully saturated rings. The highest BCUT2D eigenvalue weighted by molar-refractivity contribution is 5.87. The Balaban J connectivity index is 2.22. The maximum Gasteiger partial charge on any atom is 0.190 e. The number of methoxy groups -OCH3 is 1. The van der Waals surface area contributed by atoms with Crippen molar-refractivity contribution in [3.63, 3.8) is 0 Å². The molecule has 0 aliphatic rings. The Morgan fingerprint density at radius 1 is 1.29 bits per heavy atom. The van der Waals surface area contributed by atoms with E-state index in [4.69, 9.17) is 10.5 Å². The summed E-state index contributed by atoms with van der Waals surface area (Å²) in [5, 5.41) is 6.86. The number of benzene rings is 1. The first-order chi connectivity index (χ1) is 10.2. The van der Waals surface area contributed by atoms with Crippen molar-refractivity contribution in [2.24, 2.45) is 0 Å². The summed E-state index contributed by atoms with van der Waals surface area (Å²) < 4.78 is 5.22. The minimum Gasteiger partial charge on any atom is -0.497 e. The molecular formula is C15H14N4O2. The molecule has 0 saturated carbocycles. The van der Waals surface area contributed by atoms with Crippen molar-refractivity contribution in [2.45, 2.75) is 0 Å². The SMILES string of the molecule is COc1cccc(-c2c(N)n[nH]c2-c2c[nH]ccc2=O)c1. The Hall–Kier alpha value is -3.02. The van der Waals surface area contributed by atoms with Gasteiger partial charge < -0.3 is 15.5 Å². The Morgan fingerprint density at radius 2 is 2.14 bits per heavy atom. The summed E-state index contributed by atoms with van der Waals surface area (Å²) in [5.74, 6) is 1.04. The molecule has 0 amide bonds. The number of ether oxygens (including phenoxy) is 1. The van der Waals surface area contributed by atoms with Gasteiger partial charge in [0.2, 0.25) is 0 Å². The van der Waals surface area contributed by atoms with Crippen LogP contribution in [0.2, 0.25) is 0 Å². The van der Waals surface area contributed by atoms with Gasteiger partial charge >= 0.3 is 0 Å². The lowest BCUT2D eigenvalue weighted by molar-refractivity contribution is 0.415. The van der Waals surface area contributed by atoms with Gasteiger partial charge in [-0.2, -0.15) is 5.10 Å². The van der Waals surface area contributed by atoms with Crippen molar-refractivity contribution in [2.75, 3.05) is 12.8 Å². The molecule has 0 saturated heterocycles. The van der Waals surface area contributed by atoms with E-state index in [1.165, 1.54) is 6.07 Å². The normalized spacial score (nSPS) is 10.5. The molecule has 3 aromatic rings. The summed E-state index contributed by atoms with van der Waals surface area (Å²) in [7, 11) is 1.60. The van der Waals surface area contributed by atoms with Crippen molar-refractivity contribution in [1.82, 2.24) is 15.2 Å². The van der Waals surface area contributed by atoms with E-state index in [9.17, 15) is 4.79 Å². The highest BCUT2D eigenvalue weighted by Crippen LogP contribution is 2.34. The third kappa shape index (κ3) is 2.27. The zero-order chi connectivity index (χ0) is 14.8. The molecular weight excluding hydrogens is 268 g/mol. The molecule has 2 heterocycles. The van der Waals surface area contributed by atoms with Crippen LogP contribution in [0.15, 0.2) is 47.5 Å². The predicted octanol–water partition coefficient (Wildman–Crippen LogP) is 2.02. The molecule has 106 valence electrons. The fraction of sp³-hybridized carbons (Fsp3) is 0.0667. The second-order valence-electron chi connectivity index (χ2n) is 4.51. The van der Waals surface area contributed by atoms with Crippen molar-refractivity contribution in [3.05, 3.63) is 52.9 Å². The number of aromatic nitrogens is 3. The third-order valence-corrected chi connectivity index (χ3v) is 3.25. The zero-order valence-corrected chi connectivity index (χ0v) is 11.4. The number of hydrogen-bond acceptors (Lipinski definition) is 4. The molecule has 0 aliphatic heterocycles. The van der Waals surface area contributed by atoms with E-state index in [-0.39, 0.29) is 5.43 Å². The second kappa shape index (κ2) is 5.16. The number of nitrogens with two attached hydrogens (primary N) is 1. The first-order valence-electron chi connectivity index (χ1n) is 6.36. The van der Waals surface area contributed by atoms with Crippen LogP contribution in [0, 0.1) is 0 Å². The van der Waals surface area contributed by atoms with Crippen molar-refractivity contribution in [1.29, 1.82) is 0 Å². The summed E-state index contributed by atoms with van der Waals surface area (Å²) in [6.45, 7) is 0. The zero-order valence-electron chi connectivity index (χ0n) is 11.4. The molecule has 6 nitrogen and oxygen atoms in total. The topological polar surface area (TPSA) is 96.8 Å². The predicted molar refractivity (Wildman–Crippen MR) is 81.0 cm³/mol. The average Bonchev–Trinajstić information content (AvgIpc) is 2.89. The molecule has 0 radical (unpaired) electrons. The minimum absolute atomic E-state index is 0.110. The Bertz CT molecular complexity index is 835. The van der Waals surface area contributed by atoms with Crippen LogP contribution < -0.4 is 15.9 Å². The number of nitrogens with one attached hydrogen (secondary N) is 2. The number of hydrogen-bond donors (Lipinski definition) is 3. The lowest BCUT2D eigenvalue weighted by Crippen LogP contribution is -2.03. The fourth-order valence-corrected chi connectivity index (χ4v) is 2.23. The van der Waals surface area contributed by atoms with Crippen LogP contribution in [-0.4, -0.2) is 22.3 Å². The first kappa shape index (κ1) is 13.0. The summed E-state index contributed by atoms with van der Waals surface area (Å²) in [6.07, 6.45) is 3.20. The van der Waals surface area contributed by atoms with E-state index in [1.807, 2.05) is 24.3 Å². The molecule has 0 spiro atoms. The molecule has 0 atom stereocenters. The summed E-state index contributed by atoms with van der Waals surface area (Å²) in [5.41, 5.74) is 8.44. The van der Waals surface area contributed by atoms with E-state index in [2.05, 4.69) is 15.2 Å². The van der Waals surface area contributed by atoms with Gasteiger partial charge in [-0.1, -0.05) is 12.1 Å². The first-order valence-corrected chi connectivity index (χ1v) is 6.36. The van der Waals surface area contributed by atoms with Gasteiger partial charge in [-0.25, -0.2) is 0 Å². The molecule has 0 bridgehead atoms. The van der Waals surface area contributed by atoms with E-state index >= 15 is 0 Å². The number of aromatic amines is 2. The summed E-state index contributed by atoms with van der Waals surface area (Å²) in [6, 6.07) is 8.91. The smallest absolute Gasteiger partial charge is 0.190 e. The Labute approximate surface area is 120 Å². The largest absolute Gasteiger partial charge is 0.497 e. The summed E-state index contributed by atoms with van der Waals surface area (Å²) >= 11 is 0.